The Morgan fingerprint density at radius 3 is 2.61 bits per heavy atom. The molecule has 0 saturated heterocycles. The van der Waals surface area contributed by atoms with Crippen LogP contribution in [0.25, 0.3) is 10.8 Å². The Kier molecular flexibility index (Phi) is 3.57. The van der Waals surface area contributed by atoms with E-state index in [9.17, 15) is 9.59 Å². The standard InChI is InChI=1S/C14H13NO3/c1-10(16)18-9-14(17)15-13-8-4-6-11-5-2-3-7-12(11)13/h2-8H,9H2,1H3,(H,15,17). The molecule has 0 unspecified atom stereocenters. The number of carbonyl (C=O) groups excluding carboxylic acids is 2. The molecule has 0 aliphatic carbocycles. The lowest BCUT2D eigenvalue weighted by Crippen LogP contribution is -2.19. The summed E-state index contributed by atoms with van der Waals surface area (Å²) in [5, 5.41) is 4.72. The Morgan fingerprint density at radius 2 is 1.83 bits per heavy atom. The minimum atomic E-state index is -0.469. The quantitative estimate of drug-likeness (QED) is 0.842. The third kappa shape index (κ3) is 2.85. The molecule has 0 radical (unpaired) electrons. The molecule has 0 aromatic heterocycles. The third-order valence-electron chi connectivity index (χ3n) is 2.47. The van der Waals surface area contributed by atoms with E-state index < -0.39 is 5.97 Å². The Hall–Kier alpha value is -2.36. The number of ether oxygens (including phenoxy) is 1. The molecule has 2 aromatic carbocycles. The van der Waals surface area contributed by atoms with Gasteiger partial charge in [0.25, 0.3) is 5.91 Å². The van der Waals surface area contributed by atoms with E-state index in [1.807, 2.05) is 42.5 Å². The van der Waals surface area contributed by atoms with E-state index in [1.54, 1.807) is 0 Å². The number of hydrogen-bond acceptors (Lipinski definition) is 3. The van der Waals surface area contributed by atoms with Crippen LogP contribution in [-0.2, 0) is 14.3 Å². The summed E-state index contributed by atoms with van der Waals surface area (Å²) >= 11 is 0. The fourth-order valence-electron chi connectivity index (χ4n) is 1.69. The molecule has 1 amide bonds. The van der Waals surface area contributed by atoms with Crippen molar-refractivity contribution >= 4 is 28.3 Å². The molecule has 18 heavy (non-hydrogen) atoms. The van der Waals surface area contributed by atoms with Gasteiger partial charge in [0, 0.05) is 18.0 Å². The predicted molar refractivity (Wildman–Crippen MR) is 69.2 cm³/mol. The fraction of sp³-hybridized carbons (Fsp3) is 0.143. The second kappa shape index (κ2) is 5.31. The van der Waals surface area contributed by atoms with Gasteiger partial charge in [-0.15, -0.1) is 0 Å². The summed E-state index contributed by atoms with van der Waals surface area (Å²) < 4.78 is 4.64. The normalized spacial score (nSPS) is 10.1. The molecule has 0 heterocycles. The zero-order valence-corrected chi connectivity index (χ0v) is 9.97. The van der Waals surface area contributed by atoms with Gasteiger partial charge in [0.2, 0.25) is 0 Å². The molecule has 4 heteroatoms. The molecule has 0 atom stereocenters. The lowest BCUT2D eigenvalue weighted by atomic mass is 10.1. The summed E-state index contributed by atoms with van der Waals surface area (Å²) in [5.74, 6) is -0.815. The number of esters is 1. The van der Waals surface area contributed by atoms with Crippen LogP contribution in [0.15, 0.2) is 42.5 Å². The first-order valence-corrected chi connectivity index (χ1v) is 5.58. The van der Waals surface area contributed by atoms with Gasteiger partial charge in [-0.05, 0) is 11.5 Å². The third-order valence-corrected chi connectivity index (χ3v) is 2.47. The summed E-state index contributed by atoms with van der Waals surface area (Å²) in [6, 6.07) is 13.4. The first-order chi connectivity index (χ1) is 8.66. The van der Waals surface area contributed by atoms with E-state index >= 15 is 0 Å². The minimum absolute atomic E-state index is 0.265. The lowest BCUT2D eigenvalue weighted by molar-refractivity contribution is -0.144. The van der Waals surface area contributed by atoms with Gasteiger partial charge in [-0.25, -0.2) is 0 Å². The molecule has 0 saturated carbocycles. The van der Waals surface area contributed by atoms with Crippen LogP contribution in [0.4, 0.5) is 5.69 Å². The van der Waals surface area contributed by atoms with Crippen LogP contribution in [0.5, 0.6) is 0 Å². The highest BCUT2D eigenvalue weighted by molar-refractivity contribution is 6.02. The molecule has 0 aliphatic heterocycles. The van der Waals surface area contributed by atoms with Crippen molar-refractivity contribution in [2.45, 2.75) is 6.92 Å². The Labute approximate surface area is 105 Å². The Morgan fingerprint density at radius 1 is 1.11 bits per heavy atom. The Bertz CT molecular complexity index is 587. The molecular weight excluding hydrogens is 230 g/mol. The van der Waals surface area contributed by atoms with Crippen molar-refractivity contribution in [2.24, 2.45) is 0 Å². The van der Waals surface area contributed by atoms with Crippen molar-refractivity contribution in [1.82, 2.24) is 0 Å². The minimum Gasteiger partial charge on any atom is -0.456 e. The van der Waals surface area contributed by atoms with E-state index in [4.69, 9.17) is 0 Å². The highest BCUT2D eigenvalue weighted by Crippen LogP contribution is 2.22. The number of rotatable bonds is 3. The summed E-state index contributed by atoms with van der Waals surface area (Å²) in [6.45, 7) is 1.00. The number of anilines is 1. The van der Waals surface area contributed by atoms with Gasteiger partial charge in [-0.1, -0.05) is 36.4 Å². The molecule has 1 N–H and O–H groups in total. The zero-order chi connectivity index (χ0) is 13.0. The second-order valence-corrected chi connectivity index (χ2v) is 3.86. The maximum absolute atomic E-state index is 11.6. The van der Waals surface area contributed by atoms with Crippen LogP contribution >= 0.6 is 0 Å². The second-order valence-electron chi connectivity index (χ2n) is 3.86. The first kappa shape index (κ1) is 12.1. The van der Waals surface area contributed by atoms with Crippen molar-refractivity contribution < 1.29 is 14.3 Å². The lowest BCUT2D eigenvalue weighted by Gasteiger charge is -2.08. The molecule has 4 nitrogen and oxygen atoms in total. The van der Waals surface area contributed by atoms with Gasteiger partial charge in [0.05, 0.1) is 0 Å². The maximum Gasteiger partial charge on any atom is 0.303 e. The van der Waals surface area contributed by atoms with Crippen LogP contribution in [0, 0.1) is 0 Å². The first-order valence-electron chi connectivity index (χ1n) is 5.58. The molecule has 0 bridgehead atoms. The summed E-state index contributed by atoms with van der Waals surface area (Å²) in [5.41, 5.74) is 0.713. The van der Waals surface area contributed by atoms with Crippen molar-refractivity contribution in [3.8, 4) is 0 Å². The van der Waals surface area contributed by atoms with Crippen LogP contribution in [0.3, 0.4) is 0 Å². The number of carbonyl (C=O) groups is 2. The Balaban J connectivity index is 2.16. The summed E-state index contributed by atoms with van der Waals surface area (Å²) in [4.78, 5) is 22.2. The highest BCUT2D eigenvalue weighted by Gasteiger charge is 2.06. The SMILES string of the molecule is CC(=O)OCC(=O)Nc1cccc2ccccc12. The number of benzene rings is 2. The van der Waals surface area contributed by atoms with Gasteiger partial charge in [-0.2, -0.15) is 0 Å². The van der Waals surface area contributed by atoms with Crippen LogP contribution in [0.1, 0.15) is 6.92 Å². The van der Waals surface area contributed by atoms with Gasteiger partial charge in [0.15, 0.2) is 6.61 Å². The monoisotopic (exact) mass is 243 g/mol. The number of hydrogen-bond donors (Lipinski definition) is 1. The molecule has 0 spiro atoms. The maximum atomic E-state index is 11.6. The molecule has 0 fully saturated rings. The number of fused-ring (bicyclic) bond motifs is 1. The highest BCUT2D eigenvalue weighted by atomic mass is 16.5. The van der Waals surface area contributed by atoms with E-state index in [0.717, 1.165) is 10.8 Å². The van der Waals surface area contributed by atoms with Gasteiger partial charge in [-0.3, -0.25) is 9.59 Å². The number of amides is 1. The van der Waals surface area contributed by atoms with Gasteiger partial charge in [0.1, 0.15) is 0 Å². The molecule has 92 valence electrons. The fourth-order valence-corrected chi connectivity index (χ4v) is 1.69. The molecule has 2 aromatic rings. The summed E-state index contributed by atoms with van der Waals surface area (Å²) in [6.07, 6.45) is 0. The van der Waals surface area contributed by atoms with E-state index in [1.165, 1.54) is 6.92 Å². The smallest absolute Gasteiger partial charge is 0.303 e. The largest absolute Gasteiger partial charge is 0.456 e. The molecular formula is C14H13NO3. The van der Waals surface area contributed by atoms with Crippen LogP contribution in [0.2, 0.25) is 0 Å². The van der Waals surface area contributed by atoms with Gasteiger partial charge >= 0.3 is 5.97 Å². The van der Waals surface area contributed by atoms with Crippen LogP contribution in [-0.4, -0.2) is 18.5 Å². The van der Waals surface area contributed by atoms with Crippen molar-refractivity contribution in [1.29, 1.82) is 0 Å². The van der Waals surface area contributed by atoms with E-state index in [2.05, 4.69) is 10.1 Å². The topological polar surface area (TPSA) is 55.4 Å². The van der Waals surface area contributed by atoms with E-state index in [0.29, 0.717) is 5.69 Å². The van der Waals surface area contributed by atoms with Crippen molar-refractivity contribution in [2.75, 3.05) is 11.9 Å². The average Bonchev–Trinajstić information content (AvgIpc) is 2.37. The van der Waals surface area contributed by atoms with Crippen molar-refractivity contribution in [3.63, 3.8) is 0 Å². The van der Waals surface area contributed by atoms with Gasteiger partial charge < -0.3 is 10.1 Å². The molecule has 2 rings (SSSR count). The van der Waals surface area contributed by atoms with Crippen LogP contribution < -0.4 is 5.32 Å². The average molecular weight is 243 g/mol. The molecule has 0 aliphatic rings. The van der Waals surface area contributed by atoms with Crippen molar-refractivity contribution in [3.05, 3.63) is 42.5 Å². The summed E-state index contributed by atoms with van der Waals surface area (Å²) in [7, 11) is 0. The predicted octanol–water partition coefficient (Wildman–Crippen LogP) is 2.34. The number of nitrogens with one attached hydrogen (secondary N) is 1. The zero-order valence-electron chi connectivity index (χ0n) is 9.97. The van der Waals surface area contributed by atoms with E-state index in [-0.39, 0.29) is 12.5 Å².